The van der Waals surface area contributed by atoms with Gasteiger partial charge in [-0.2, -0.15) is 0 Å². The van der Waals surface area contributed by atoms with Crippen LogP contribution < -0.4 is 9.64 Å². The lowest BCUT2D eigenvalue weighted by Gasteiger charge is -2.37. The van der Waals surface area contributed by atoms with Crippen molar-refractivity contribution < 1.29 is 9.84 Å². The van der Waals surface area contributed by atoms with E-state index >= 15 is 0 Å². The maximum absolute atomic E-state index is 10.8. The van der Waals surface area contributed by atoms with Crippen molar-refractivity contribution in [2.45, 2.75) is 12.6 Å². The summed E-state index contributed by atoms with van der Waals surface area (Å²) >= 11 is 1.49. The van der Waals surface area contributed by atoms with Crippen molar-refractivity contribution in [3.8, 4) is 5.75 Å². The SMILES string of the molecule is COc1cccc(CN2CCN(c3ccccc3[C@@H](O)c3nccs3)CC2)c1. The zero-order valence-corrected chi connectivity index (χ0v) is 16.8. The third-order valence-electron chi connectivity index (χ3n) is 5.17. The summed E-state index contributed by atoms with van der Waals surface area (Å²) in [5.74, 6) is 0.904. The number of hydrogen-bond acceptors (Lipinski definition) is 6. The summed E-state index contributed by atoms with van der Waals surface area (Å²) in [6.07, 6.45) is 1.06. The second kappa shape index (κ2) is 8.73. The Kier molecular flexibility index (Phi) is 5.90. The molecular weight excluding hydrogens is 370 g/mol. The molecule has 6 heteroatoms. The molecule has 0 spiro atoms. The number of aliphatic hydroxyl groups is 1. The highest BCUT2D eigenvalue weighted by atomic mass is 32.1. The quantitative estimate of drug-likeness (QED) is 0.692. The van der Waals surface area contributed by atoms with Crippen LogP contribution in [0.15, 0.2) is 60.1 Å². The van der Waals surface area contributed by atoms with E-state index in [1.807, 2.05) is 35.7 Å². The van der Waals surface area contributed by atoms with Crippen LogP contribution in [0.25, 0.3) is 0 Å². The molecule has 0 aliphatic carbocycles. The van der Waals surface area contributed by atoms with Crippen LogP contribution in [0.1, 0.15) is 22.2 Å². The average Bonchev–Trinajstić information content (AvgIpc) is 3.29. The van der Waals surface area contributed by atoms with Gasteiger partial charge in [-0.1, -0.05) is 30.3 Å². The number of aromatic nitrogens is 1. The Morgan fingerprint density at radius 1 is 1.11 bits per heavy atom. The molecule has 3 aromatic rings. The number of thiazole rings is 1. The molecule has 146 valence electrons. The first-order valence-electron chi connectivity index (χ1n) is 9.51. The number of nitrogens with zero attached hydrogens (tertiary/aromatic N) is 3. The van der Waals surface area contributed by atoms with Crippen LogP contribution in [0.5, 0.6) is 5.75 Å². The van der Waals surface area contributed by atoms with Gasteiger partial charge < -0.3 is 14.7 Å². The maximum Gasteiger partial charge on any atom is 0.132 e. The molecule has 0 bridgehead atoms. The number of para-hydroxylation sites is 1. The molecule has 0 radical (unpaired) electrons. The normalized spacial score (nSPS) is 16.1. The Morgan fingerprint density at radius 3 is 2.68 bits per heavy atom. The Bertz CT molecular complexity index is 892. The summed E-state index contributed by atoms with van der Waals surface area (Å²) in [6, 6.07) is 16.4. The molecule has 0 saturated carbocycles. The zero-order valence-electron chi connectivity index (χ0n) is 16.0. The third kappa shape index (κ3) is 4.19. The molecule has 1 aliphatic rings. The fourth-order valence-corrected chi connectivity index (χ4v) is 4.32. The molecule has 5 nitrogen and oxygen atoms in total. The highest BCUT2D eigenvalue weighted by molar-refractivity contribution is 7.09. The zero-order chi connectivity index (χ0) is 19.3. The standard InChI is InChI=1S/C22H25N3O2S/c1-27-18-6-4-5-17(15-18)16-24-10-12-25(13-11-24)20-8-3-2-7-19(20)21(26)22-23-9-14-28-22/h2-9,14-15,21,26H,10-13,16H2,1H3/t21-/m1/s1. The number of ether oxygens (including phenoxy) is 1. The van der Waals surface area contributed by atoms with Crippen molar-refractivity contribution in [3.05, 3.63) is 76.2 Å². The maximum atomic E-state index is 10.8. The summed E-state index contributed by atoms with van der Waals surface area (Å²) in [7, 11) is 1.70. The van der Waals surface area contributed by atoms with Crippen LogP contribution in [0.2, 0.25) is 0 Å². The monoisotopic (exact) mass is 395 g/mol. The van der Waals surface area contributed by atoms with Crippen molar-refractivity contribution in [1.29, 1.82) is 0 Å². The number of benzene rings is 2. The van der Waals surface area contributed by atoms with E-state index in [2.05, 4.69) is 33.0 Å². The Labute approximate surface area is 169 Å². The molecule has 1 saturated heterocycles. The molecule has 1 fully saturated rings. The number of hydrogen-bond donors (Lipinski definition) is 1. The van der Waals surface area contributed by atoms with E-state index in [9.17, 15) is 5.11 Å². The first-order chi connectivity index (χ1) is 13.7. The summed E-state index contributed by atoms with van der Waals surface area (Å²) in [6.45, 7) is 4.77. The molecule has 0 amide bonds. The van der Waals surface area contributed by atoms with Gasteiger partial charge in [-0.3, -0.25) is 4.90 Å². The molecule has 28 heavy (non-hydrogen) atoms. The fourth-order valence-electron chi connectivity index (χ4n) is 3.69. The predicted octanol–water partition coefficient (Wildman–Crippen LogP) is 3.56. The molecule has 2 heterocycles. The third-order valence-corrected chi connectivity index (χ3v) is 6.00. The number of anilines is 1. The van der Waals surface area contributed by atoms with Gasteiger partial charge in [-0.05, 0) is 23.8 Å². The molecule has 1 aromatic heterocycles. The van der Waals surface area contributed by atoms with Crippen LogP contribution in [0.4, 0.5) is 5.69 Å². The molecule has 4 rings (SSSR count). The first kappa shape index (κ1) is 18.9. The van der Waals surface area contributed by atoms with Crippen molar-refractivity contribution in [2.75, 3.05) is 38.2 Å². The topological polar surface area (TPSA) is 48.8 Å². The van der Waals surface area contributed by atoms with Crippen LogP contribution >= 0.6 is 11.3 Å². The van der Waals surface area contributed by atoms with E-state index in [1.54, 1.807) is 13.3 Å². The highest BCUT2D eigenvalue weighted by Gasteiger charge is 2.23. The lowest BCUT2D eigenvalue weighted by Crippen LogP contribution is -2.46. The van der Waals surface area contributed by atoms with E-state index in [4.69, 9.17) is 4.74 Å². The smallest absolute Gasteiger partial charge is 0.132 e. The van der Waals surface area contributed by atoms with Crippen molar-refractivity contribution in [2.24, 2.45) is 0 Å². The van der Waals surface area contributed by atoms with Gasteiger partial charge in [0, 0.05) is 55.6 Å². The number of rotatable bonds is 6. The average molecular weight is 396 g/mol. The van der Waals surface area contributed by atoms with Gasteiger partial charge in [0.2, 0.25) is 0 Å². The fraction of sp³-hybridized carbons (Fsp3) is 0.318. The Morgan fingerprint density at radius 2 is 1.93 bits per heavy atom. The van der Waals surface area contributed by atoms with Gasteiger partial charge in [0.1, 0.15) is 16.9 Å². The van der Waals surface area contributed by atoms with E-state index < -0.39 is 6.10 Å². The highest BCUT2D eigenvalue weighted by Crippen LogP contribution is 2.32. The second-order valence-electron chi connectivity index (χ2n) is 6.95. The van der Waals surface area contributed by atoms with Gasteiger partial charge in [-0.15, -0.1) is 11.3 Å². The number of aliphatic hydroxyl groups excluding tert-OH is 1. The van der Waals surface area contributed by atoms with E-state index in [0.717, 1.165) is 54.7 Å². The van der Waals surface area contributed by atoms with Crippen molar-refractivity contribution >= 4 is 17.0 Å². The van der Waals surface area contributed by atoms with Crippen LogP contribution in [0, 0.1) is 0 Å². The molecule has 2 aromatic carbocycles. The minimum absolute atomic E-state index is 0.675. The summed E-state index contributed by atoms with van der Waals surface area (Å²) in [5, 5.41) is 13.4. The summed E-state index contributed by atoms with van der Waals surface area (Å²) in [4.78, 5) is 9.12. The van der Waals surface area contributed by atoms with Gasteiger partial charge in [0.25, 0.3) is 0 Å². The van der Waals surface area contributed by atoms with Gasteiger partial charge in [-0.25, -0.2) is 4.98 Å². The lowest BCUT2D eigenvalue weighted by atomic mass is 10.1. The van der Waals surface area contributed by atoms with Gasteiger partial charge in [0.05, 0.1) is 7.11 Å². The van der Waals surface area contributed by atoms with Crippen molar-refractivity contribution in [3.63, 3.8) is 0 Å². The summed E-state index contributed by atoms with van der Waals surface area (Å²) < 4.78 is 5.33. The largest absolute Gasteiger partial charge is 0.497 e. The Hall–Kier alpha value is -2.41. The van der Waals surface area contributed by atoms with E-state index in [0.29, 0.717) is 0 Å². The Balaban J connectivity index is 1.43. The van der Waals surface area contributed by atoms with Gasteiger partial charge >= 0.3 is 0 Å². The second-order valence-corrected chi connectivity index (χ2v) is 7.87. The van der Waals surface area contributed by atoms with Crippen LogP contribution in [-0.4, -0.2) is 48.3 Å². The summed E-state index contributed by atoms with van der Waals surface area (Å²) in [5.41, 5.74) is 3.30. The number of piperazine rings is 1. The first-order valence-corrected chi connectivity index (χ1v) is 10.4. The molecule has 0 unspecified atom stereocenters. The predicted molar refractivity (Wildman–Crippen MR) is 113 cm³/mol. The molecule has 1 N–H and O–H groups in total. The van der Waals surface area contributed by atoms with Crippen LogP contribution in [0.3, 0.4) is 0 Å². The van der Waals surface area contributed by atoms with Crippen LogP contribution in [-0.2, 0) is 6.54 Å². The number of methoxy groups -OCH3 is 1. The minimum atomic E-state index is -0.675. The van der Waals surface area contributed by atoms with E-state index in [-0.39, 0.29) is 0 Å². The molecular formula is C22H25N3O2S. The van der Waals surface area contributed by atoms with E-state index in [1.165, 1.54) is 16.9 Å². The van der Waals surface area contributed by atoms with Gasteiger partial charge in [0.15, 0.2) is 0 Å². The van der Waals surface area contributed by atoms with Crippen molar-refractivity contribution in [1.82, 2.24) is 9.88 Å². The molecule has 1 atom stereocenters. The minimum Gasteiger partial charge on any atom is -0.497 e. The molecule has 1 aliphatic heterocycles. The lowest BCUT2D eigenvalue weighted by molar-refractivity contribution is 0.218.